The summed E-state index contributed by atoms with van der Waals surface area (Å²) in [5.74, 6) is 0.619. The average molecular weight is 237 g/mol. The van der Waals surface area contributed by atoms with Gasteiger partial charge >= 0.3 is 0 Å². The van der Waals surface area contributed by atoms with Crippen molar-refractivity contribution < 1.29 is 0 Å². The predicted octanol–water partition coefficient (Wildman–Crippen LogP) is 0.765. The molecule has 1 aromatic rings. The van der Waals surface area contributed by atoms with Gasteiger partial charge in [-0.25, -0.2) is 0 Å². The Balaban J connectivity index is 2.51. The van der Waals surface area contributed by atoms with Gasteiger partial charge in [0, 0.05) is 45.0 Å². The lowest BCUT2D eigenvalue weighted by Gasteiger charge is -2.23. The van der Waals surface area contributed by atoms with Crippen LogP contribution in [0.5, 0.6) is 0 Å². The van der Waals surface area contributed by atoms with Crippen LogP contribution in [0.2, 0.25) is 0 Å². The Morgan fingerprint density at radius 2 is 2.12 bits per heavy atom. The van der Waals surface area contributed by atoms with Crippen LogP contribution in [0.25, 0.3) is 0 Å². The Hall–Kier alpha value is -1.13. The first kappa shape index (κ1) is 13.9. The van der Waals surface area contributed by atoms with E-state index in [0.29, 0.717) is 12.5 Å². The Labute approximate surface area is 103 Å². The van der Waals surface area contributed by atoms with E-state index in [4.69, 9.17) is 5.73 Å². The topological polar surface area (TPSA) is 51.3 Å². The first-order valence-corrected chi connectivity index (χ1v) is 6.21. The molecule has 1 aromatic heterocycles. The molecule has 0 unspecified atom stereocenters. The molecule has 0 aliphatic heterocycles. The van der Waals surface area contributed by atoms with Crippen molar-refractivity contribution in [3.63, 3.8) is 0 Å². The molecule has 0 bridgehead atoms. The third-order valence-corrected chi connectivity index (χ3v) is 2.62. The van der Waals surface area contributed by atoms with Crippen LogP contribution in [-0.2, 0) is 6.54 Å². The number of hydrogen-bond donors (Lipinski definition) is 1. The zero-order valence-corrected chi connectivity index (χ0v) is 10.8. The van der Waals surface area contributed by atoms with Gasteiger partial charge in [-0.1, -0.05) is 19.9 Å². The summed E-state index contributed by atoms with van der Waals surface area (Å²) in [6.07, 6.45) is 1.83. The van der Waals surface area contributed by atoms with Crippen LogP contribution in [0.1, 0.15) is 13.8 Å². The maximum absolute atomic E-state index is 11.5. The van der Waals surface area contributed by atoms with Crippen molar-refractivity contribution in [2.45, 2.75) is 20.4 Å². The van der Waals surface area contributed by atoms with Gasteiger partial charge in [0.05, 0.1) is 0 Å². The molecule has 0 atom stereocenters. The van der Waals surface area contributed by atoms with E-state index in [1.54, 1.807) is 16.7 Å². The van der Waals surface area contributed by atoms with Gasteiger partial charge in [-0.05, 0) is 12.0 Å². The third kappa shape index (κ3) is 5.15. The highest BCUT2D eigenvalue weighted by molar-refractivity contribution is 4.93. The summed E-state index contributed by atoms with van der Waals surface area (Å²) in [7, 11) is 0. The second kappa shape index (κ2) is 7.25. The largest absolute Gasteiger partial charge is 0.329 e. The van der Waals surface area contributed by atoms with Crippen LogP contribution in [0.3, 0.4) is 0 Å². The Morgan fingerprint density at radius 3 is 2.71 bits per heavy atom. The molecule has 4 nitrogen and oxygen atoms in total. The molecule has 4 heteroatoms. The summed E-state index contributed by atoms with van der Waals surface area (Å²) in [4.78, 5) is 13.8. The number of pyridine rings is 1. The summed E-state index contributed by atoms with van der Waals surface area (Å²) in [6, 6.07) is 5.25. The van der Waals surface area contributed by atoms with Crippen LogP contribution in [0.4, 0.5) is 0 Å². The molecule has 0 saturated heterocycles. The predicted molar refractivity (Wildman–Crippen MR) is 71.0 cm³/mol. The van der Waals surface area contributed by atoms with Crippen molar-refractivity contribution in [1.29, 1.82) is 0 Å². The molecule has 1 heterocycles. The summed E-state index contributed by atoms with van der Waals surface area (Å²) < 4.78 is 1.74. The van der Waals surface area contributed by atoms with Crippen LogP contribution < -0.4 is 11.3 Å². The number of nitrogens with zero attached hydrogens (tertiary/aromatic N) is 2. The fourth-order valence-corrected chi connectivity index (χ4v) is 1.89. The fraction of sp³-hybridized carbons (Fsp3) is 0.615. The van der Waals surface area contributed by atoms with Gasteiger partial charge in [-0.15, -0.1) is 0 Å². The van der Waals surface area contributed by atoms with Gasteiger partial charge in [0.1, 0.15) is 0 Å². The maximum Gasteiger partial charge on any atom is 0.250 e. The van der Waals surface area contributed by atoms with Crippen molar-refractivity contribution in [2.24, 2.45) is 11.7 Å². The molecule has 0 aromatic carbocycles. The minimum Gasteiger partial charge on any atom is -0.329 e. The maximum atomic E-state index is 11.5. The van der Waals surface area contributed by atoms with Gasteiger partial charge in [-0.3, -0.25) is 4.79 Å². The van der Waals surface area contributed by atoms with Gasteiger partial charge in [0.25, 0.3) is 5.56 Å². The Morgan fingerprint density at radius 1 is 1.35 bits per heavy atom. The zero-order valence-electron chi connectivity index (χ0n) is 10.8. The van der Waals surface area contributed by atoms with Crippen molar-refractivity contribution >= 4 is 0 Å². The molecular formula is C13H23N3O. The molecule has 0 amide bonds. The average Bonchev–Trinajstić information content (AvgIpc) is 2.27. The van der Waals surface area contributed by atoms with Crippen molar-refractivity contribution in [2.75, 3.05) is 26.2 Å². The van der Waals surface area contributed by atoms with E-state index in [2.05, 4.69) is 18.7 Å². The van der Waals surface area contributed by atoms with Gasteiger partial charge in [0.15, 0.2) is 0 Å². The van der Waals surface area contributed by atoms with Crippen LogP contribution in [-0.4, -0.2) is 35.6 Å². The van der Waals surface area contributed by atoms with Crippen molar-refractivity contribution in [1.82, 2.24) is 9.47 Å². The van der Waals surface area contributed by atoms with Crippen molar-refractivity contribution in [3.05, 3.63) is 34.7 Å². The smallest absolute Gasteiger partial charge is 0.250 e. The molecule has 0 spiro atoms. The molecule has 0 aliphatic rings. The minimum atomic E-state index is 0.0599. The highest BCUT2D eigenvalue weighted by Gasteiger charge is 2.06. The lowest BCUT2D eigenvalue weighted by Crippen LogP contribution is -2.36. The number of aromatic nitrogens is 1. The number of rotatable bonds is 7. The number of hydrogen-bond acceptors (Lipinski definition) is 3. The lowest BCUT2D eigenvalue weighted by molar-refractivity contribution is 0.240. The van der Waals surface area contributed by atoms with E-state index < -0.39 is 0 Å². The second-order valence-corrected chi connectivity index (χ2v) is 4.72. The highest BCUT2D eigenvalue weighted by atomic mass is 16.1. The molecule has 0 saturated carbocycles. The molecule has 0 aliphatic carbocycles. The monoisotopic (exact) mass is 237 g/mol. The van der Waals surface area contributed by atoms with E-state index in [0.717, 1.165) is 26.2 Å². The van der Waals surface area contributed by atoms with E-state index in [-0.39, 0.29) is 5.56 Å². The molecule has 0 fully saturated rings. The Bertz CT molecular complexity index is 373. The van der Waals surface area contributed by atoms with E-state index in [1.165, 1.54) is 0 Å². The van der Waals surface area contributed by atoms with Crippen LogP contribution in [0, 0.1) is 5.92 Å². The summed E-state index contributed by atoms with van der Waals surface area (Å²) in [5.41, 5.74) is 5.65. The quantitative estimate of drug-likeness (QED) is 0.762. The number of nitrogens with two attached hydrogens (primary N) is 1. The standard InChI is InChI=1S/C13H23N3O/c1-12(2)11-15(8-6-14)9-10-16-7-4-3-5-13(16)17/h3-5,7,12H,6,8-11,14H2,1-2H3. The highest BCUT2D eigenvalue weighted by Crippen LogP contribution is 1.98. The van der Waals surface area contributed by atoms with Crippen molar-refractivity contribution in [3.8, 4) is 0 Å². The molecule has 1 rings (SSSR count). The first-order chi connectivity index (χ1) is 8.13. The van der Waals surface area contributed by atoms with Crippen LogP contribution in [0.15, 0.2) is 29.2 Å². The zero-order chi connectivity index (χ0) is 12.7. The molecule has 17 heavy (non-hydrogen) atoms. The van der Waals surface area contributed by atoms with E-state index in [9.17, 15) is 4.79 Å². The molecule has 2 N–H and O–H groups in total. The van der Waals surface area contributed by atoms with Gasteiger partial charge in [0.2, 0.25) is 0 Å². The van der Waals surface area contributed by atoms with E-state index >= 15 is 0 Å². The minimum absolute atomic E-state index is 0.0599. The SMILES string of the molecule is CC(C)CN(CCN)CCn1ccccc1=O. The Kier molecular flexibility index (Phi) is 5.94. The third-order valence-electron chi connectivity index (χ3n) is 2.62. The summed E-state index contributed by atoms with van der Waals surface area (Å²) >= 11 is 0. The van der Waals surface area contributed by atoms with Crippen LogP contribution >= 0.6 is 0 Å². The fourth-order valence-electron chi connectivity index (χ4n) is 1.89. The first-order valence-electron chi connectivity index (χ1n) is 6.21. The van der Waals surface area contributed by atoms with E-state index in [1.807, 2.05) is 12.3 Å². The molecule has 0 radical (unpaired) electrons. The molecule has 96 valence electrons. The summed E-state index contributed by atoms with van der Waals surface area (Å²) in [6.45, 7) is 8.57. The molecular weight excluding hydrogens is 214 g/mol. The lowest BCUT2D eigenvalue weighted by atomic mass is 10.2. The normalized spacial score (nSPS) is 11.4. The summed E-state index contributed by atoms with van der Waals surface area (Å²) in [5, 5.41) is 0. The van der Waals surface area contributed by atoms with Gasteiger partial charge in [-0.2, -0.15) is 0 Å². The second-order valence-electron chi connectivity index (χ2n) is 4.72. The van der Waals surface area contributed by atoms with Gasteiger partial charge < -0.3 is 15.2 Å².